The number of nitrogens with zero attached hydrogens (tertiary/aromatic N) is 2. The Kier molecular flexibility index (Phi) is 3.26. The van der Waals surface area contributed by atoms with Crippen molar-refractivity contribution in [1.29, 1.82) is 0 Å². The lowest BCUT2D eigenvalue weighted by Gasteiger charge is -1.98. The molecular weight excluding hydrogens is 225 g/mol. The molecule has 0 saturated carbocycles. The van der Waals surface area contributed by atoms with E-state index in [0.29, 0.717) is 17.1 Å². The highest BCUT2D eigenvalue weighted by Crippen LogP contribution is 2.26. The lowest BCUT2D eigenvalue weighted by Crippen LogP contribution is -2.04. The summed E-state index contributed by atoms with van der Waals surface area (Å²) < 4.78 is 13.7. The van der Waals surface area contributed by atoms with Crippen molar-refractivity contribution >= 4 is 11.3 Å². The summed E-state index contributed by atoms with van der Waals surface area (Å²) in [5.41, 5.74) is 1.42. The number of benzene rings is 1. The smallest absolute Gasteiger partial charge is 0.150 e. The Morgan fingerprint density at radius 2 is 2.19 bits per heavy atom. The number of nitrogens with one attached hydrogen (secondary N) is 1. The highest BCUT2D eigenvalue weighted by Gasteiger charge is 2.10. The second-order valence-electron chi connectivity index (χ2n) is 3.51. The average molecular weight is 237 g/mol. The second-order valence-corrected chi connectivity index (χ2v) is 4.58. The molecule has 1 heterocycles. The van der Waals surface area contributed by atoms with Gasteiger partial charge < -0.3 is 5.32 Å². The molecule has 3 nitrogen and oxygen atoms in total. The molecule has 5 heteroatoms. The zero-order valence-electron chi connectivity index (χ0n) is 9.12. The van der Waals surface area contributed by atoms with Crippen molar-refractivity contribution in [3.63, 3.8) is 0 Å². The van der Waals surface area contributed by atoms with Crippen LogP contribution in [0.4, 0.5) is 4.39 Å². The van der Waals surface area contributed by atoms with E-state index in [-0.39, 0.29) is 5.82 Å². The van der Waals surface area contributed by atoms with Gasteiger partial charge in [0.25, 0.3) is 0 Å². The van der Waals surface area contributed by atoms with Crippen LogP contribution in [0.1, 0.15) is 10.6 Å². The van der Waals surface area contributed by atoms with Gasteiger partial charge in [-0.25, -0.2) is 4.39 Å². The van der Waals surface area contributed by atoms with Gasteiger partial charge in [0.2, 0.25) is 0 Å². The van der Waals surface area contributed by atoms with E-state index in [0.717, 1.165) is 10.6 Å². The molecule has 2 aromatic rings. The highest BCUT2D eigenvalue weighted by molar-refractivity contribution is 7.14. The summed E-state index contributed by atoms with van der Waals surface area (Å²) in [5.74, 6) is -0.243. The molecule has 0 aliphatic carbocycles. The normalized spacial score (nSPS) is 10.7. The second kappa shape index (κ2) is 4.67. The molecule has 0 unspecified atom stereocenters. The lowest BCUT2D eigenvalue weighted by molar-refractivity contribution is 0.629. The fourth-order valence-corrected chi connectivity index (χ4v) is 2.26. The fraction of sp³-hybridized carbons (Fsp3) is 0.273. The molecule has 0 aliphatic heterocycles. The van der Waals surface area contributed by atoms with Crippen molar-refractivity contribution in [2.45, 2.75) is 13.5 Å². The average Bonchev–Trinajstić information content (AvgIpc) is 2.67. The molecule has 0 atom stereocenters. The van der Waals surface area contributed by atoms with Crippen LogP contribution in [0.3, 0.4) is 0 Å². The minimum Gasteiger partial charge on any atom is -0.313 e. The molecule has 0 saturated heterocycles. The van der Waals surface area contributed by atoms with Crippen LogP contribution in [0, 0.1) is 12.7 Å². The summed E-state index contributed by atoms with van der Waals surface area (Å²) >= 11 is 1.41. The molecule has 0 radical (unpaired) electrons. The number of hydrogen-bond donors (Lipinski definition) is 1. The first kappa shape index (κ1) is 11.2. The van der Waals surface area contributed by atoms with E-state index in [4.69, 9.17) is 0 Å². The van der Waals surface area contributed by atoms with Gasteiger partial charge in [-0.15, -0.1) is 10.2 Å². The van der Waals surface area contributed by atoms with Crippen LogP contribution in [-0.2, 0) is 6.54 Å². The molecule has 0 fully saturated rings. The van der Waals surface area contributed by atoms with Crippen molar-refractivity contribution in [2.24, 2.45) is 0 Å². The number of aromatic nitrogens is 2. The Bertz CT molecular complexity index is 496. The maximum atomic E-state index is 13.7. The molecule has 1 N–H and O–H groups in total. The predicted molar refractivity (Wildman–Crippen MR) is 62.8 cm³/mol. The van der Waals surface area contributed by atoms with E-state index in [1.165, 1.54) is 17.4 Å². The molecular formula is C11H12FN3S. The molecule has 0 amide bonds. The van der Waals surface area contributed by atoms with Gasteiger partial charge in [0.05, 0.1) is 0 Å². The van der Waals surface area contributed by atoms with Crippen molar-refractivity contribution in [3.05, 3.63) is 34.6 Å². The predicted octanol–water partition coefficient (Wildman–Crippen LogP) is 2.37. The monoisotopic (exact) mass is 237 g/mol. The van der Waals surface area contributed by atoms with Crippen LogP contribution in [0.25, 0.3) is 10.6 Å². The molecule has 2 rings (SSSR count). The zero-order chi connectivity index (χ0) is 11.5. The molecule has 16 heavy (non-hydrogen) atoms. The van der Waals surface area contributed by atoms with Crippen LogP contribution in [-0.4, -0.2) is 17.2 Å². The molecule has 84 valence electrons. The SMILES string of the molecule is CNCc1nnc(-c2ccc(C)cc2F)s1. The quantitative estimate of drug-likeness (QED) is 0.890. The van der Waals surface area contributed by atoms with Gasteiger partial charge >= 0.3 is 0 Å². The number of aryl methyl sites for hydroxylation is 1. The summed E-state index contributed by atoms with van der Waals surface area (Å²) in [6.45, 7) is 2.52. The Labute approximate surface area is 97.3 Å². The summed E-state index contributed by atoms with van der Waals surface area (Å²) in [5, 5.41) is 12.4. The third kappa shape index (κ3) is 2.25. The van der Waals surface area contributed by atoms with Gasteiger partial charge in [0.1, 0.15) is 10.8 Å². The Morgan fingerprint density at radius 3 is 2.88 bits per heavy atom. The number of hydrogen-bond acceptors (Lipinski definition) is 4. The summed E-state index contributed by atoms with van der Waals surface area (Å²) in [4.78, 5) is 0. The first-order chi connectivity index (χ1) is 7.70. The van der Waals surface area contributed by atoms with Gasteiger partial charge in [-0.2, -0.15) is 0 Å². The Hall–Kier alpha value is -1.33. The van der Waals surface area contributed by atoms with E-state index in [2.05, 4.69) is 15.5 Å². The van der Waals surface area contributed by atoms with Crippen LogP contribution < -0.4 is 5.32 Å². The van der Waals surface area contributed by atoms with Crippen LogP contribution >= 0.6 is 11.3 Å². The maximum Gasteiger partial charge on any atom is 0.150 e. The summed E-state index contributed by atoms with van der Waals surface area (Å²) in [6.07, 6.45) is 0. The van der Waals surface area contributed by atoms with Crippen LogP contribution in [0.2, 0.25) is 0 Å². The van der Waals surface area contributed by atoms with Gasteiger partial charge in [0, 0.05) is 12.1 Å². The standard InChI is InChI=1S/C11H12FN3S/c1-7-3-4-8(9(12)5-7)11-15-14-10(16-11)6-13-2/h3-5,13H,6H2,1-2H3. The number of halogens is 1. The van der Waals surface area contributed by atoms with Gasteiger partial charge in [-0.1, -0.05) is 17.4 Å². The van der Waals surface area contributed by atoms with Crippen molar-refractivity contribution in [3.8, 4) is 10.6 Å². The van der Waals surface area contributed by atoms with Crippen LogP contribution in [0.15, 0.2) is 18.2 Å². The third-order valence-corrected chi connectivity index (χ3v) is 3.11. The van der Waals surface area contributed by atoms with Gasteiger partial charge in [-0.05, 0) is 31.7 Å². The van der Waals surface area contributed by atoms with Gasteiger partial charge in [0.15, 0.2) is 5.01 Å². The summed E-state index contributed by atoms with van der Waals surface area (Å²) in [7, 11) is 1.84. The van der Waals surface area contributed by atoms with E-state index < -0.39 is 0 Å². The first-order valence-electron chi connectivity index (χ1n) is 4.94. The maximum absolute atomic E-state index is 13.7. The van der Waals surface area contributed by atoms with E-state index in [9.17, 15) is 4.39 Å². The van der Waals surface area contributed by atoms with Crippen molar-refractivity contribution in [2.75, 3.05) is 7.05 Å². The minimum absolute atomic E-state index is 0.243. The largest absolute Gasteiger partial charge is 0.313 e. The fourth-order valence-electron chi connectivity index (χ4n) is 1.38. The van der Waals surface area contributed by atoms with E-state index in [1.54, 1.807) is 6.07 Å². The van der Waals surface area contributed by atoms with Crippen molar-refractivity contribution < 1.29 is 4.39 Å². The Morgan fingerprint density at radius 1 is 1.38 bits per heavy atom. The Balaban J connectivity index is 2.35. The molecule has 1 aromatic carbocycles. The van der Waals surface area contributed by atoms with Gasteiger partial charge in [-0.3, -0.25) is 0 Å². The number of rotatable bonds is 3. The zero-order valence-corrected chi connectivity index (χ0v) is 9.94. The molecule has 0 spiro atoms. The lowest BCUT2D eigenvalue weighted by atomic mass is 10.1. The summed E-state index contributed by atoms with van der Waals surface area (Å²) in [6, 6.07) is 5.13. The highest BCUT2D eigenvalue weighted by atomic mass is 32.1. The first-order valence-corrected chi connectivity index (χ1v) is 5.76. The molecule has 1 aromatic heterocycles. The van der Waals surface area contributed by atoms with Crippen LogP contribution in [0.5, 0.6) is 0 Å². The molecule has 0 bridgehead atoms. The van der Waals surface area contributed by atoms with Crippen molar-refractivity contribution in [1.82, 2.24) is 15.5 Å². The minimum atomic E-state index is -0.243. The van der Waals surface area contributed by atoms with E-state index in [1.807, 2.05) is 20.0 Å². The topological polar surface area (TPSA) is 37.8 Å². The molecule has 0 aliphatic rings. The van der Waals surface area contributed by atoms with E-state index >= 15 is 0 Å². The third-order valence-electron chi connectivity index (χ3n) is 2.15.